The van der Waals surface area contributed by atoms with E-state index >= 15 is 0 Å². The summed E-state index contributed by atoms with van der Waals surface area (Å²) >= 11 is 0. The number of fused-ring (bicyclic) bond motifs is 1. The minimum absolute atomic E-state index is 0.144. The number of methoxy groups -OCH3 is 1. The molecule has 52 heavy (non-hydrogen) atoms. The standard InChI is InChI=1S/C40H45N3O9/c1-24-6-9-33-31(14-24)40(48)42-39(41-33)26-8-10-35(30(15-26)22-46)50-12-4-3-5-13-51-38-18-25(7-11-36(38)49-2)34-19-37(52-43-34)27-16-28(20-44)32(23-47)29(17-27)21-45/h6-11,14-18,37,39,41,44-47H,3-5,12-13,19-23H2,1-2H3,(H,42,48). The fourth-order valence-corrected chi connectivity index (χ4v) is 6.52. The summed E-state index contributed by atoms with van der Waals surface area (Å²) in [5.41, 5.74) is 7.79. The van der Waals surface area contributed by atoms with Crippen molar-refractivity contribution in [1.29, 1.82) is 0 Å². The molecule has 0 spiro atoms. The van der Waals surface area contributed by atoms with E-state index in [4.69, 9.17) is 19.0 Å². The molecule has 2 unspecified atom stereocenters. The second kappa shape index (κ2) is 16.9. The number of rotatable bonds is 16. The van der Waals surface area contributed by atoms with Crippen LogP contribution < -0.4 is 24.8 Å². The number of nitrogens with zero attached hydrogens (tertiary/aromatic N) is 1. The number of benzene rings is 4. The van der Waals surface area contributed by atoms with Crippen molar-refractivity contribution in [3.05, 3.63) is 117 Å². The van der Waals surface area contributed by atoms with Gasteiger partial charge in [-0.3, -0.25) is 4.79 Å². The van der Waals surface area contributed by atoms with Crippen molar-refractivity contribution in [2.75, 3.05) is 25.6 Å². The highest BCUT2D eigenvalue weighted by molar-refractivity contribution is 6.02. The van der Waals surface area contributed by atoms with Gasteiger partial charge in [-0.05, 0) is 109 Å². The topological polar surface area (TPSA) is 171 Å². The van der Waals surface area contributed by atoms with Gasteiger partial charge in [0.1, 0.15) is 11.9 Å². The summed E-state index contributed by atoms with van der Waals surface area (Å²) in [4.78, 5) is 18.5. The molecular weight excluding hydrogens is 666 g/mol. The lowest BCUT2D eigenvalue weighted by Gasteiger charge is -2.29. The Morgan fingerprint density at radius 3 is 2.13 bits per heavy atom. The predicted octanol–water partition coefficient (Wildman–Crippen LogP) is 5.32. The number of aryl methyl sites for hydroxylation is 1. The highest BCUT2D eigenvalue weighted by atomic mass is 16.6. The van der Waals surface area contributed by atoms with Gasteiger partial charge in [0.25, 0.3) is 5.91 Å². The van der Waals surface area contributed by atoms with Crippen LogP contribution in [0.5, 0.6) is 17.2 Å². The number of aliphatic hydroxyl groups excluding tert-OH is 4. The number of nitrogens with one attached hydrogen (secondary N) is 2. The highest BCUT2D eigenvalue weighted by Gasteiger charge is 2.27. The number of anilines is 1. The van der Waals surface area contributed by atoms with Crippen LogP contribution in [0.2, 0.25) is 0 Å². The fraction of sp³-hybridized carbons (Fsp3) is 0.350. The lowest BCUT2D eigenvalue weighted by Crippen LogP contribution is -2.38. The summed E-state index contributed by atoms with van der Waals surface area (Å²) in [6, 6.07) is 20.5. The van der Waals surface area contributed by atoms with Crippen LogP contribution in [0.25, 0.3) is 0 Å². The molecule has 1 amide bonds. The summed E-state index contributed by atoms with van der Waals surface area (Å²) in [6.45, 7) is 1.89. The second-order valence-corrected chi connectivity index (χ2v) is 12.9. The van der Waals surface area contributed by atoms with E-state index in [0.29, 0.717) is 64.7 Å². The molecule has 6 rings (SSSR count). The molecule has 12 nitrogen and oxygen atoms in total. The second-order valence-electron chi connectivity index (χ2n) is 12.9. The Bertz CT molecular complexity index is 1900. The Morgan fingerprint density at radius 1 is 0.750 bits per heavy atom. The lowest BCUT2D eigenvalue weighted by atomic mass is 9.93. The SMILES string of the molecule is COc1ccc(C2=NOC(c3cc(CO)c(CO)c(CO)c3)C2)cc1OCCCCCOc1ccc(C2NC(=O)c3cc(C)ccc3N2)cc1CO. The molecule has 0 aliphatic carbocycles. The van der Waals surface area contributed by atoms with E-state index in [9.17, 15) is 25.2 Å². The maximum Gasteiger partial charge on any atom is 0.255 e. The average Bonchev–Trinajstić information content (AvgIpc) is 3.67. The molecule has 0 saturated carbocycles. The van der Waals surface area contributed by atoms with E-state index < -0.39 is 12.3 Å². The van der Waals surface area contributed by atoms with Gasteiger partial charge in [-0.15, -0.1) is 0 Å². The first-order chi connectivity index (χ1) is 25.3. The summed E-state index contributed by atoms with van der Waals surface area (Å²) in [7, 11) is 1.59. The van der Waals surface area contributed by atoms with E-state index in [1.807, 2.05) is 61.5 Å². The predicted molar refractivity (Wildman–Crippen MR) is 194 cm³/mol. The van der Waals surface area contributed by atoms with Crippen LogP contribution >= 0.6 is 0 Å². The lowest BCUT2D eigenvalue weighted by molar-refractivity contribution is 0.0853. The largest absolute Gasteiger partial charge is 0.493 e. The molecule has 12 heteroatoms. The Morgan fingerprint density at radius 2 is 1.44 bits per heavy atom. The number of unbranched alkanes of at least 4 members (excludes halogenated alkanes) is 2. The van der Waals surface area contributed by atoms with Crippen molar-refractivity contribution in [3.63, 3.8) is 0 Å². The Labute approximate surface area is 302 Å². The van der Waals surface area contributed by atoms with Gasteiger partial charge in [0.15, 0.2) is 17.6 Å². The first-order valence-corrected chi connectivity index (χ1v) is 17.4. The van der Waals surface area contributed by atoms with Crippen LogP contribution in [0.1, 0.15) is 92.8 Å². The van der Waals surface area contributed by atoms with E-state index in [1.54, 1.807) is 19.2 Å². The molecule has 2 atom stereocenters. The summed E-state index contributed by atoms with van der Waals surface area (Å²) < 4.78 is 17.7. The van der Waals surface area contributed by atoms with Crippen LogP contribution in [0, 0.1) is 6.92 Å². The van der Waals surface area contributed by atoms with Gasteiger partial charge in [0, 0.05) is 23.2 Å². The number of oxime groups is 1. The molecule has 0 radical (unpaired) electrons. The molecule has 4 aromatic rings. The van der Waals surface area contributed by atoms with Crippen LogP contribution in [0.15, 0.2) is 71.9 Å². The number of hydrogen-bond donors (Lipinski definition) is 6. The van der Waals surface area contributed by atoms with Crippen LogP contribution in [0.3, 0.4) is 0 Å². The first-order valence-electron chi connectivity index (χ1n) is 17.4. The van der Waals surface area contributed by atoms with Crippen LogP contribution in [-0.4, -0.2) is 52.4 Å². The van der Waals surface area contributed by atoms with Crippen molar-refractivity contribution in [1.82, 2.24) is 5.32 Å². The molecule has 0 saturated heterocycles. The summed E-state index contributed by atoms with van der Waals surface area (Å²) in [6.07, 6.45) is 2.08. The summed E-state index contributed by atoms with van der Waals surface area (Å²) in [5.74, 6) is 1.65. The molecule has 2 heterocycles. The molecule has 2 aliphatic heterocycles. The van der Waals surface area contributed by atoms with Crippen LogP contribution in [0.4, 0.5) is 5.69 Å². The van der Waals surface area contributed by atoms with Gasteiger partial charge < -0.3 is 50.1 Å². The monoisotopic (exact) mass is 711 g/mol. The molecule has 6 N–H and O–H groups in total. The number of carbonyl (C=O) groups excluding carboxylic acids is 1. The molecule has 2 aliphatic rings. The van der Waals surface area contributed by atoms with Gasteiger partial charge in [-0.2, -0.15) is 0 Å². The van der Waals surface area contributed by atoms with E-state index in [1.165, 1.54) is 0 Å². The molecular formula is C40H45N3O9. The average molecular weight is 712 g/mol. The molecule has 274 valence electrons. The molecule has 0 bridgehead atoms. The zero-order valence-electron chi connectivity index (χ0n) is 29.4. The van der Waals surface area contributed by atoms with Gasteiger partial charge >= 0.3 is 0 Å². The summed E-state index contributed by atoms with van der Waals surface area (Å²) in [5, 5.41) is 50.1. The Hall–Kier alpha value is -5.14. The van der Waals surface area contributed by atoms with Crippen molar-refractivity contribution in [2.45, 2.75) is 71.3 Å². The molecule has 0 aromatic heterocycles. The quantitative estimate of drug-likeness (QED) is 0.0836. The van der Waals surface area contributed by atoms with Crippen LogP contribution in [-0.2, 0) is 31.3 Å². The van der Waals surface area contributed by atoms with Crippen molar-refractivity contribution >= 4 is 17.3 Å². The Kier molecular flexibility index (Phi) is 11.9. The van der Waals surface area contributed by atoms with Crippen molar-refractivity contribution in [3.8, 4) is 17.2 Å². The number of aliphatic hydroxyl groups is 4. The minimum atomic E-state index is -0.421. The van der Waals surface area contributed by atoms with Gasteiger partial charge in [0.05, 0.1) is 58.0 Å². The zero-order valence-corrected chi connectivity index (χ0v) is 29.4. The highest BCUT2D eigenvalue weighted by Crippen LogP contribution is 2.35. The van der Waals surface area contributed by atoms with Gasteiger partial charge in [-0.25, -0.2) is 0 Å². The van der Waals surface area contributed by atoms with Gasteiger partial charge in [0.2, 0.25) is 0 Å². The third-order valence-electron chi connectivity index (χ3n) is 9.38. The van der Waals surface area contributed by atoms with Crippen molar-refractivity contribution in [2.24, 2.45) is 5.16 Å². The third kappa shape index (κ3) is 8.16. The maximum atomic E-state index is 12.7. The molecule has 4 aromatic carbocycles. The normalized spacial score (nSPS) is 16.3. The zero-order chi connectivity index (χ0) is 36.6. The maximum absolute atomic E-state index is 12.7. The fourth-order valence-electron chi connectivity index (χ4n) is 6.52. The minimum Gasteiger partial charge on any atom is -0.493 e. The number of carbonyl (C=O) groups is 1. The van der Waals surface area contributed by atoms with E-state index in [2.05, 4.69) is 15.8 Å². The number of amides is 1. The Balaban J connectivity index is 0.979. The molecule has 0 fully saturated rings. The van der Waals surface area contributed by atoms with Gasteiger partial charge in [-0.1, -0.05) is 22.9 Å². The van der Waals surface area contributed by atoms with E-state index in [0.717, 1.165) is 52.9 Å². The van der Waals surface area contributed by atoms with E-state index in [-0.39, 0.29) is 32.3 Å². The van der Waals surface area contributed by atoms with Crippen molar-refractivity contribution < 1.29 is 44.3 Å². The smallest absolute Gasteiger partial charge is 0.255 e. The first kappa shape index (κ1) is 36.6. The number of hydrogen-bond acceptors (Lipinski definition) is 11. The number of ether oxygens (including phenoxy) is 3. The third-order valence-corrected chi connectivity index (χ3v) is 9.38.